The fourth-order valence-electron chi connectivity index (χ4n) is 4.18. The van der Waals surface area contributed by atoms with Gasteiger partial charge in [0.15, 0.2) is 0 Å². The predicted molar refractivity (Wildman–Crippen MR) is 98.9 cm³/mol. The number of hydrogen-bond acceptors (Lipinski definition) is 2. The van der Waals surface area contributed by atoms with E-state index in [-0.39, 0.29) is 39.6 Å². The Morgan fingerprint density at radius 1 is 1.17 bits per heavy atom. The fourth-order valence-corrected chi connectivity index (χ4v) is 7.38. The molecule has 1 N–H and O–H groups in total. The van der Waals surface area contributed by atoms with E-state index >= 15 is 3.89 Å². The predicted octanol–water partition coefficient (Wildman–Crippen LogP) is 4.99. The molecule has 3 heterocycles. The standard InChI is InChI=1S/C18H10ClF5N2O2S/c19-10-5-7-12(6-11(10)20)29(24)3-1-2-26-14-8(16(27)25-17(26)28)4-9(18(21,22)23)13(7)15(14)29/h4-6H,1-3H2,(H,25,27,28). The van der Waals surface area contributed by atoms with Gasteiger partial charge >= 0.3 is 11.9 Å². The van der Waals surface area contributed by atoms with Crippen LogP contribution < -0.4 is 11.2 Å². The Labute approximate surface area is 165 Å². The number of hydrogen-bond donors (Lipinski definition) is 1. The van der Waals surface area contributed by atoms with Gasteiger partial charge in [0.2, 0.25) is 0 Å². The fraction of sp³-hybridized carbons (Fsp3) is 0.222. The lowest BCUT2D eigenvalue weighted by Gasteiger charge is -2.27. The SMILES string of the molecule is O=c1[nH]c(=O)n2c3c4c(c(C(F)(F)F)cc13)-c1cc(Cl)c(F)cc1S4(F)CCC2. The second kappa shape index (κ2) is 5.63. The molecule has 5 rings (SSSR count). The molecular weight excluding hydrogens is 439 g/mol. The molecule has 0 aliphatic carbocycles. The van der Waals surface area contributed by atoms with E-state index in [1.54, 1.807) is 0 Å². The number of fused-ring (bicyclic) bond motifs is 3. The molecule has 2 aliphatic rings. The number of benzene rings is 2. The molecule has 0 fully saturated rings. The Morgan fingerprint density at radius 2 is 1.90 bits per heavy atom. The van der Waals surface area contributed by atoms with E-state index in [4.69, 9.17) is 11.6 Å². The van der Waals surface area contributed by atoms with Crippen molar-refractivity contribution in [3.05, 3.63) is 55.4 Å². The highest BCUT2D eigenvalue weighted by atomic mass is 35.5. The molecule has 0 saturated heterocycles. The van der Waals surface area contributed by atoms with E-state index in [9.17, 15) is 27.2 Å². The third-order valence-corrected chi connectivity index (χ3v) is 8.53. The minimum atomic E-state index is -4.91. The third kappa shape index (κ3) is 2.32. The molecule has 152 valence electrons. The summed E-state index contributed by atoms with van der Waals surface area (Å²) in [6.45, 7) is 0.0218. The van der Waals surface area contributed by atoms with Crippen LogP contribution in [0.2, 0.25) is 5.02 Å². The van der Waals surface area contributed by atoms with Gasteiger partial charge in [-0.2, -0.15) is 17.1 Å². The van der Waals surface area contributed by atoms with Crippen molar-refractivity contribution >= 4 is 32.9 Å². The van der Waals surface area contributed by atoms with Gasteiger partial charge in [-0.3, -0.25) is 14.3 Å². The zero-order valence-corrected chi connectivity index (χ0v) is 15.9. The number of nitrogens with one attached hydrogen (secondary N) is 1. The summed E-state index contributed by atoms with van der Waals surface area (Å²) < 4.78 is 73.5. The Hall–Kier alpha value is -2.33. The molecule has 0 amide bonds. The van der Waals surface area contributed by atoms with E-state index in [1.165, 1.54) is 0 Å². The quantitative estimate of drug-likeness (QED) is 0.492. The second-order valence-corrected chi connectivity index (χ2v) is 9.88. The second-order valence-electron chi connectivity index (χ2n) is 6.91. The maximum atomic E-state index is 16.5. The van der Waals surface area contributed by atoms with Gasteiger partial charge in [-0.15, -0.1) is 0 Å². The first-order chi connectivity index (χ1) is 13.5. The minimum Gasteiger partial charge on any atom is -0.292 e. The molecule has 1 atom stereocenters. The molecule has 0 saturated carbocycles. The van der Waals surface area contributed by atoms with Crippen molar-refractivity contribution in [1.82, 2.24) is 9.55 Å². The first-order valence-electron chi connectivity index (χ1n) is 8.45. The van der Waals surface area contributed by atoms with Gasteiger partial charge in [0.1, 0.15) is 5.82 Å². The lowest BCUT2D eigenvalue weighted by Crippen LogP contribution is -2.30. The van der Waals surface area contributed by atoms with Crippen LogP contribution in [0.15, 0.2) is 37.6 Å². The molecule has 2 aromatic carbocycles. The number of halogens is 6. The highest BCUT2D eigenvalue weighted by Crippen LogP contribution is 2.76. The van der Waals surface area contributed by atoms with Gasteiger partial charge < -0.3 is 0 Å². The number of aryl methyl sites for hydroxylation is 1. The van der Waals surface area contributed by atoms with Crippen molar-refractivity contribution in [3.8, 4) is 11.1 Å². The molecule has 0 bridgehead atoms. The van der Waals surface area contributed by atoms with Gasteiger partial charge in [0, 0.05) is 22.8 Å². The van der Waals surface area contributed by atoms with Crippen LogP contribution in [-0.4, -0.2) is 15.3 Å². The van der Waals surface area contributed by atoms with Crippen LogP contribution in [0.25, 0.3) is 22.0 Å². The van der Waals surface area contributed by atoms with E-state index in [0.29, 0.717) is 6.07 Å². The minimum absolute atomic E-state index is 0.0218. The molecule has 4 nitrogen and oxygen atoms in total. The third-order valence-electron chi connectivity index (χ3n) is 5.31. The number of aromatic amines is 1. The molecule has 11 heteroatoms. The van der Waals surface area contributed by atoms with Crippen molar-refractivity contribution in [2.75, 3.05) is 5.75 Å². The molecule has 1 unspecified atom stereocenters. The Balaban J connectivity index is 2.12. The van der Waals surface area contributed by atoms with Crippen LogP contribution in [0, 0.1) is 5.82 Å². The average molecular weight is 449 g/mol. The van der Waals surface area contributed by atoms with Crippen molar-refractivity contribution in [1.29, 1.82) is 0 Å². The van der Waals surface area contributed by atoms with E-state index < -0.39 is 55.2 Å². The smallest absolute Gasteiger partial charge is 0.292 e. The van der Waals surface area contributed by atoms with Crippen LogP contribution >= 0.6 is 22.0 Å². The molecule has 0 radical (unpaired) electrons. The zero-order chi connectivity index (χ0) is 20.9. The molecular formula is C18H10ClF5N2O2S. The average Bonchev–Trinajstić information content (AvgIpc) is 2.76. The summed E-state index contributed by atoms with van der Waals surface area (Å²) in [5.74, 6) is -1.14. The highest BCUT2D eigenvalue weighted by Gasteiger charge is 2.48. The van der Waals surface area contributed by atoms with Crippen LogP contribution in [-0.2, 0) is 12.7 Å². The number of rotatable bonds is 0. The van der Waals surface area contributed by atoms with Gasteiger partial charge in [-0.25, -0.2) is 9.18 Å². The number of nitrogens with zero attached hydrogens (tertiary/aromatic N) is 1. The topological polar surface area (TPSA) is 54.9 Å². The Bertz CT molecular complexity index is 1360. The van der Waals surface area contributed by atoms with Gasteiger partial charge in [-0.1, -0.05) is 11.6 Å². The monoisotopic (exact) mass is 448 g/mol. The summed E-state index contributed by atoms with van der Waals surface area (Å²) in [7, 11) is -3.61. The Kier molecular flexibility index (Phi) is 3.63. The zero-order valence-electron chi connectivity index (χ0n) is 14.3. The molecule has 0 spiro atoms. The van der Waals surface area contributed by atoms with Gasteiger partial charge in [0.05, 0.1) is 26.4 Å². The summed E-state index contributed by atoms with van der Waals surface area (Å²) in [5.41, 5.74) is -3.86. The van der Waals surface area contributed by atoms with Gasteiger partial charge in [0.25, 0.3) is 5.56 Å². The van der Waals surface area contributed by atoms with Crippen LogP contribution in [0.5, 0.6) is 0 Å². The van der Waals surface area contributed by atoms with Gasteiger partial charge in [-0.05, 0) is 40.6 Å². The number of alkyl halides is 3. The number of H-pyrrole nitrogens is 1. The van der Waals surface area contributed by atoms with Crippen LogP contribution in [0.4, 0.5) is 21.4 Å². The summed E-state index contributed by atoms with van der Waals surface area (Å²) in [5, 5.41) is -0.863. The summed E-state index contributed by atoms with van der Waals surface area (Å²) in [4.78, 5) is 26.1. The van der Waals surface area contributed by atoms with Crippen molar-refractivity contribution < 1.29 is 21.4 Å². The largest absolute Gasteiger partial charge is 0.417 e. The van der Waals surface area contributed by atoms with Crippen LogP contribution in [0.3, 0.4) is 0 Å². The summed E-state index contributed by atoms with van der Waals surface area (Å²) in [6, 6.07) is 2.44. The Morgan fingerprint density at radius 3 is 2.59 bits per heavy atom. The van der Waals surface area contributed by atoms with Crippen molar-refractivity contribution in [2.45, 2.75) is 28.9 Å². The lowest BCUT2D eigenvalue weighted by atomic mass is 9.97. The lowest BCUT2D eigenvalue weighted by molar-refractivity contribution is -0.137. The van der Waals surface area contributed by atoms with Crippen LogP contribution in [0.1, 0.15) is 12.0 Å². The molecule has 3 aromatic rings. The first-order valence-corrected chi connectivity index (χ1v) is 10.5. The van der Waals surface area contributed by atoms with E-state index in [2.05, 4.69) is 0 Å². The first kappa shape index (κ1) is 18.7. The molecule has 29 heavy (non-hydrogen) atoms. The van der Waals surface area contributed by atoms with E-state index in [1.807, 2.05) is 4.98 Å². The van der Waals surface area contributed by atoms with Crippen molar-refractivity contribution in [2.24, 2.45) is 0 Å². The summed E-state index contributed by atoms with van der Waals surface area (Å²) in [6.07, 6.45) is -4.78. The number of aromatic nitrogens is 2. The maximum absolute atomic E-state index is 16.5. The maximum Gasteiger partial charge on any atom is 0.417 e. The summed E-state index contributed by atoms with van der Waals surface area (Å²) >= 11 is 5.80. The van der Waals surface area contributed by atoms with E-state index in [0.717, 1.165) is 16.7 Å². The molecule has 2 aliphatic heterocycles. The van der Waals surface area contributed by atoms with Crippen molar-refractivity contribution in [3.63, 3.8) is 0 Å². The normalized spacial score (nSPS) is 22.3. The highest BCUT2D eigenvalue weighted by molar-refractivity contribution is 8.30. The molecule has 1 aromatic heterocycles.